The number of benzene rings is 1. The molecule has 178 valence electrons. The van der Waals surface area contributed by atoms with Gasteiger partial charge >= 0.3 is 0 Å². The fourth-order valence-corrected chi connectivity index (χ4v) is 5.08. The van der Waals surface area contributed by atoms with Crippen molar-refractivity contribution >= 4 is 17.5 Å². The van der Waals surface area contributed by atoms with Crippen LogP contribution in [-0.2, 0) is 10.2 Å². The number of nitrogens with zero attached hydrogens (tertiary/aromatic N) is 4. The maximum atomic E-state index is 13.3. The summed E-state index contributed by atoms with van der Waals surface area (Å²) in [5, 5.41) is 24.3. The molecule has 2 aliphatic heterocycles. The van der Waals surface area contributed by atoms with Crippen LogP contribution in [0.15, 0.2) is 42.6 Å². The number of carbonyl (C=O) groups excluding carboxylic acids is 2. The Morgan fingerprint density at radius 1 is 1.38 bits per heavy atom. The predicted octanol–water partition coefficient (Wildman–Crippen LogP) is 2.51. The van der Waals surface area contributed by atoms with Crippen LogP contribution in [-0.4, -0.2) is 63.6 Å². The van der Waals surface area contributed by atoms with Crippen LogP contribution in [0.25, 0.3) is 0 Å². The normalized spacial score (nSPS) is 23.4. The monoisotopic (exact) mass is 465 g/mol. The van der Waals surface area contributed by atoms with Gasteiger partial charge in [-0.15, -0.1) is 0 Å². The number of hydrogen-bond donors (Lipinski definition) is 2. The number of amides is 2. The van der Waals surface area contributed by atoms with Gasteiger partial charge in [-0.1, -0.05) is 32.0 Å². The number of pyridine rings is 1. The third-order valence-electron chi connectivity index (χ3n) is 6.83. The second kappa shape index (κ2) is 9.12. The Hall–Kier alpha value is -3.35. The lowest BCUT2D eigenvalue weighted by atomic mass is 9.80. The second-order valence-electron chi connectivity index (χ2n) is 9.49. The minimum Gasteiger partial charge on any atom is -0.376 e. The van der Waals surface area contributed by atoms with Crippen LogP contribution in [0, 0.1) is 23.1 Å². The lowest BCUT2D eigenvalue weighted by Crippen LogP contribution is -2.55. The number of likely N-dealkylation sites (tertiary alicyclic amines) is 1. The first kappa shape index (κ1) is 23.8. The number of nitriles is 1. The van der Waals surface area contributed by atoms with Crippen molar-refractivity contribution in [3.05, 3.63) is 59.7 Å². The molecule has 2 aromatic rings. The molecular formula is C25H28FN5O3. The minimum absolute atomic E-state index is 0.0590. The number of nitrogens with one attached hydrogen (secondary N) is 1. The molecule has 0 aliphatic carbocycles. The van der Waals surface area contributed by atoms with E-state index in [0.717, 1.165) is 17.8 Å². The van der Waals surface area contributed by atoms with Crippen LogP contribution >= 0.6 is 0 Å². The second-order valence-corrected chi connectivity index (χ2v) is 9.49. The molecule has 1 unspecified atom stereocenters. The predicted molar refractivity (Wildman–Crippen MR) is 123 cm³/mol. The van der Waals surface area contributed by atoms with Crippen molar-refractivity contribution in [3.63, 3.8) is 0 Å². The molecule has 2 amide bonds. The highest BCUT2D eigenvalue weighted by Crippen LogP contribution is 2.47. The number of rotatable bonds is 6. The number of aliphatic hydroxyl groups is 1. The molecule has 34 heavy (non-hydrogen) atoms. The Labute approximate surface area is 198 Å². The van der Waals surface area contributed by atoms with E-state index in [1.165, 1.54) is 11.0 Å². The standard InChI is InChI=1S/C25H28FN5O3/c1-15(2)10-21(30(3)22(32)20-9-8-16(26)13-28-20)23(33)31-14-25(11-17(31)12-27)18-6-4-5-7-19(18)29-24(25)34/h4-9,13,15,17,21,23,33H,10-11,14H2,1-3H3,(H,29,34)/t17-,21-,23?,25-/m0/s1. The van der Waals surface area contributed by atoms with E-state index in [1.54, 1.807) is 11.9 Å². The van der Waals surface area contributed by atoms with Crippen molar-refractivity contribution in [1.82, 2.24) is 14.8 Å². The Bertz CT molecular complexity index is 1130. The lowest BCUT2D eigenvalue weighted by molar-refractivity contribution is -0.121. The Kier molecular flexibility index (Phi) is 6.39. The SMILES string of the molecule is CC(C)C[C@@H](C(O)N1C[C@]2(C[C@H]1C#N)C(=O)Nc1ccccc12)N(C)C(=O)c1ccc(F)cn1. The maximum Gasteiger partial charge on any atom is 0.272 e. The summed E-state index contributed by atoms with van der Waals surface area (Å²) >= 11 is 0. The molecule has 1 aromatic carbocycles. The van der Waals surface area contributed by atoms with Crippen LogP contribution in [0.1, 0.15) is 42.7 Å². The third-order valence-corrected chi connectivity index (χ3v) is 6.83. The van der Waals surface area contributed by atoms with E-state index in [-0.39, 0.29) is 30.5 Å². The van der Waals surface area contributed by atoms with Crippen LogP contribution in [0.5, 0.6) is 0 Å². The molecule has 1 fully saturated rings. The number of halogens is 1. The summed E-state index contributed by atoms with van der Waals surface area (Å²) in [5.41, 5.74) is 0.648. The van der Waals surface area contributed by atoms with Crippen LogP contribution in [0.3, 0.4) is 0 Å². The summed E-state index contributed by atoms with van der Waals surface area (Å²) < 4.78 is 13.3. The molecule has 2 aliphatic rings. The van der Waals surface area contributed by atoms with E-state index in [2.05, 4.69) is 16.4 Å². The molecule has 4 rings (SSSR count). The van der Waals surface area contributed by atoms with Gasteiger partial charge in [-0.2, -0.15) is 5.26 Å². The van der Waals surface area contributed by atoms with Gasteiger partial charge < -0.3 is 15.3 Å². The number of aliphatic hydroxyl groups excluding tert-OH is 1. The molecule has 1 saturated heterocycles. The van der Waals surface area contributed by atoms with Gasteiger partial charge in [0.25, 0.3) is 5.91 Å². The first-order valence-corrected chi connectivity index (χ1v) is 11.3. The highest BCUT2D eigenvalue weighted by Gasteiger charge is 2.56. The number of likely N-dealkylation sites (N-methyl/N-ethyl adjacent to an activating group) is 1. The van der Waals surface area contributed by atoms with E-state index < -0.39 is 35.5 Å². The van der Waals surface area contributed by atoms with Crippen molar-refractivity contribution < 1.29 is 19.1 Å². The molecule has 3 heterocycles. The van der Waals surface area contributed by atoms with E-state index in [4.69, 9.17) is 0 Å². The van der Waals surface area contributed by atoms with Crippen LogP contribution in [0.2, 0.25) is 0 Å². The maximum absolute atomic E-state index is 13.3. The Balaban J connectivity index is 1.64. The molecule has 0 radical (unpaired) electrons. The molecule has 0 bridgehead atoms. The zero-order valence-electron chi connectivity index (χ0n) is 19.4. The average Bonchev–Trinajstić information content (AvgIpc) is 3.35. The first-order chi connectivity index (χ1) is 16.2. The van der Waals surface area contributed by atoms with E-state index in [1.807, 2.05) is 38.1 Å². The summed E-state index contributed by atoms with van der Waals surface area (Å²) in [7, 11) is 1.56. The summed E-state index contributed by atoms with van der Waals surface area (Å²) in [5.74, 6) is -1.07. The van der Waals surface area contributed by atoms with Crippen molar-refractivity contribution in [2.45, 2.75) is 50.4 Å². The highest BCUT2D eigenvalue weighted by molar-refractivity contribution is 6.06. The molecule has 1 spiro atoms. The fourth-order valence-electron chi connectivity index (χ4n) is 5.08. The third kappa shape index (κ3) is 4.04. The van der Waals surface area contributed by atoms with Gasteiger partial charge in [0.2, 0.25) is 5.91 Å². The minimum atomic E-state index is -1.19. The van der Waals surface area contributed by atoms with Crippen LogP contribution < -0.4 is 5.32 Å². The summed E-state index contributed by atoms with van der Waals surface area (Å²) in [6.07, 6.45) is 0.479. The molecule has 8 nitrogen and oxygen atoms in total. The Morgan fingerprint density at radius 2 is 2.12 bits per heavy atom. The smallest absolute Gasteiger partial charge is 0.272 e. The van der Waals surface area contributed by atoms with Gasteiger partial charge in [-0.25, -0.2) is 9.37 Å². The largest absolute Gasteiger partial charge is 0.376 e. The van der Waals surface area contributed by atoms with E-state index >= 15 is 0 Å². The summed E-state index contributed by atoms with van der Waals surface area (Å²) in [6.45, 7) is 4.10. The number of fused-ring (bicyclic) bond motifs is 2. The molecule has 2 N–H and O–H groups in total. The topological polar surface area (TPSA) is 110 Å². The quantitative estimate of drug-likeness (QED) is 0.679. The highest BCUT2D eigenvalue weighted by atomic mass is 19.1. The fraction of sp³-hybridized carbons (Fsp3) is 0.440. The number of hydrogen-bond acceptors (Lipinski definition) is 6. The zero-order valence-corrected chi connectivity index (χ0v) is 19.4. The van der Waals surface area contributed by atoms with Crippen molar-refractivity contribution in [1.29, 1.82) is 5.26 Å². The van der Waals surface area contributed by atoms with Crippen LogP contribution in [0.4, 0.5) is 10.1 Å². The molecule has 9 heteroatoms. The molecule has 1 aromatic heterocycles. The molecule has 4 atom stereocenters. The number of carbonyl (C=O) groups is 2. The number of anilines is 1. The zero-order chi connectivity index (χ0) is 24.6. The van der Waals surface area contributed by atoms with E-state index in [9.17, 15) is 24.3 Å². The number of aromatic nitrogens is 1. The van der Waals surface area contributed by atoms with Crippen molar-refractivity contribution in [2.75, 3.05) is 18.9 Å². The van der Waals surface area contributed by atoms with Crippen molar-refractivity contribution in [3.8, 4) is 6.07 Å². The van der Waals surface area contributed by atoms with Gasteiger partial charge in [0.1, 0.15) is 23.8 Å². The van der Waals surface area contributed by atoms with Gasteiger partial charge in [0.05, 0.1) is 23.7 Å². The lowest BCUT2D eigenvalue weighted by Gasteiger charge is -2.38. The summed E-state index contributed by atoms with van der Waals surface area (Å²) in [4.78, 5) is 33.0. The van der Waals surface area contributed by atoms with E-state index in [0.29, 0.717) is 12.1 Å². The van der Waals surface area contributed by atoms with Gasteiger partial charge in [-0.3, -0.25) is 14.5 Å². The summed E-state index contributed by atoms with van der Waals surface area (Å²) in [6, 6.07) is 10.7. The molecule has 0 saturated carbocycles. The van der Waals surface area contributed by atoms with Gasteiger partial charge in [0, 0.05) is 19.3 Å². The van der Waals surface area contributed by atoms with Gasteiger partial charge in [0.15, 0.2) is 0 Å². The Morgan fingerprint density at radius 3 is 2.76 bits per heavy atom. The first-order valence-electron chi connectivity index (χ1n) is 11.3. The average molecular weight is 466 g/mol. The van der Waals surface area contributed by atoms with Gasteiger partial charge in [-0.05, 0) is 42.5 Å². The molecular weight excluding hydrogens is 437 g/mol. The van der Waals surface area contributed by atoms with Crippen molar-refractivity contribution in [2.24, 2.45) is 5.92 Å². The number of para-hydroxylation sites is 1.